The minimum Gasteiger partial charge on any atom is -0.487 e. The number of hydrogen-bond donors (Lipinski definition) is 1. The van der Waals surface area contributed by atoms with E-state index in [1.54, 1.807) is 6.20 Å². The monoisotopic (exact) mass is 239 g/mol. The Morgan fingerprint density at radius 1 is 1.47 bits per heavy atom. The van der Waals surface area contributed by atoms with Crippen LogP contribution in [0.4, 0.5) is 0 Å². The van der Waals surface area contributed by atoms with Crippen LogP contribution in [0.1, 0.15) is 26.0 Å². The van der Waals surface area contributed by atoms with Crippen molar-refractivity contribution >= 4 is 5.97 Å². The summed E-state index contributed by atoms with van der Waals surface area (Å²) in [7, 11) is 0. The first-order valence-electron chi connectivity index (χ1n) is 5.67. The first-order chi connectivity index (χ1) is 8.10. The van der Waals surface area contributed by atoms with Crippen molar-refractivity contribution in [2.45, 2.75) is 33.2 Å². The number of pyridine rings is 1. The zero-order valence-electron chi connectivity index (χ0n) is 10.1. The lowest BCUT2D eigenvalue weighted by atomic mass is 10.2. The fourth-order valence-electron chi connectivity index (χ4n) is 1.65. The predicted molar refractivity (Wildman–Crippen MR) is 63.5 cm³/mol. The van der Waals surface area contributed by atoms with Gasteiger partial charge in [-0.25, -0.2) is 0 Å². The fourth-order valence-corrected chi connectivity index (χ4v) is 1.65. The molecule has 0 aliphatic carbocycles. The first-order valence-corrected chi connectivity index (χ1v) is 5.67. The summed E-state index contributed by atoms with van der Waals surface area (Å²) in [6.07, 6.45) is 2.29. The average molecular weight is 239 g/mol. The second kappa shape index (κ2) is 6.08. The number of rotatable bonds is 6. The van der Waals surface area contributed by atoms with Crippen LogP contribution >= 0.6 is 0 Å². The Morgan fingerprint density at radius 3 is 2.71 bits per heavy atom. The molecule has 1 aromatic heterocycles. The van der Waals surface area contributed by atoms with Gasteiger partial charge < -0.3 is 14.4 Å². The molecular formula is C12H17NO4. The molecule has 0 fully saturated rings. The number of hydrogen-bond acceptors (Lipinski definition) is 3. The minimum atomic E-state index is -0.935. The molecule has 1 rings (SSSR count). The van der Waals surface area contributed by atoms with Crippen LogP contribution in [-0.4, -0.2) is 22.2 Å². The Kier molecular flexibility index (Phi) is 4.75. The average Bonchev–Trinajstić information content (AvgIpc) is 2.30. The molecule has 17 heavy (non-hydrogen) atoms. The Hall–Kier alpha value is -1.78. The quantitative estimate of drug-likeness (QED) is 0.812. The van der Waals surface area contributed by atoms with E-state index in [0.717, 1.165) is 12.2 Å². The van der Waals surface area contributed by atoms with Gasteiger partial charge in [-0.05, 0) is 13.3 Å². The Labute approximate surface area is 99.6 Å². The summed E-state index contributed by atoms with van der Waals surface area (Å²) in [6.45, 7) is 4.68. The van der Waals surface area contributed by atoms with Crippen molar-refractivity contribution in [1.29, 1.82) is 0 Å². The highest BCUT2D eigenvalue weighted by molar-refractivity contribution is 5.66. The number of aromatic nitrogens is 1. The number of aryl methyl sites for hydroxylation is 1. The Morgan fingerprint density at radius 2 is 2.18 bits per heavy atom. The van der Waals surface area contributed by atoms with Gasteiger partial charge in [0.15, 0.2) is 5.75 Å². The van der Waals surface area contributed by atoms with Crippen LogP contribution in [0.5, 0.6) is 5.75 Å². The van der Waals surface area contributed by atoms with Crippen LogP contribution in [0.3, 0.4) is 0 Å². The molecule has 1 heterocycles. The summed E-state index contributed by atoms with van der Waals surface area (Å²) < 4.78 is 7.23. The number of carboxylic acid groups (broad SMARTS) is 1. The molecule has 94 valence electrons. The van der Waals surface area contributed by atoms with E-state index >= 15 is 0 Å². The maximum atomic E-state index is 11.7. The van der Waals surface area contributed by atoms with Gasteiger partial charge >= 0.3 is 5.97 Å². The molecule has 0 saturated carbocycles. The van der Waals surface area contributed by atoms with E-state index in [1.807, 2.05) is 18.4 Å². The van der Waals surface area contributed by atoms with E-state index in [2.05, 4.69) is 0 Å². The van der Waals surface area contributed by atoms with Gasteiger partial charge in [-0.3, -0.25) is 9.59 Å². The maximum Gasteiger partial charge on any atom is 0.306 e. The highest BCUT2D eigenvalue weighted by Crippen LogP contribution is 2.14. The van der Waals surface area contributed by atoms with Gasteiger partial charge in [0.05, 0.1) is 18.7 Å². The molecular weight excluding hydrogens is 222 g/mol. The van der Waals surface area contributed by atoms with Gasteiger partial charge in [0.2, 0.25) is 5.43 Å². The van der Waals surface area contributed by atoms with Crippen LogP contribution in [0.15, 0.2) is 17.1 Å². The van der Waals surface area contributed by atoms with Crippen molar-refractivity contribution in [3.63, 3.8) is 0 Å². The lowest BCUT2D eigenvalue weighted by Crippen LogP contribution is -2.17. The summed E-state index contributed by atoms with van der Waals surface area (Å²) in [4.78, 5) is 22.0. The number of carboxylic acids is 1. The molecule has 0 aliphatic heterocycles. The van der Waals surface area contributed by atoms with Crippen LogP contribution in [0.25, 0.3) is 0 Å². The molecule has 5 nitrogen and oxygen atoms in total. The van der Waals surface area contributed by atoms with Gasteiger partial charge in [0, 0.05) is 18.8 Å². The van der Waals surface area contributed by atoms with Crippen molar-refractivity contribution < 1.29 is 14.6 Å². The largest absolute Gasteiger partial charge is 0.487 e. The van der Waals surface area contributed by atoms with Crippen molar-refractivity contribution in [3.8, 4) is 5.75 Å². The smallest absolute Gasteiger partial charge is 0.306 e. The Bertz CT molecular complexity index is 450. The lowest BCUT2D eigenvalue weighted by molar-refractivity contribution is -0.137. The molecule has 0 radical (unpaired) electrons. The number of ether oxygens (including phenoxy) is 1. The van der Waals surface area contributed by atoms with E-state index in [0.29, 0.717) is 6.42 Å². The molecule has 0 bridgehead atoms. The zero-order valence-corrected chi connectivity index (χ0v) is 10.1. The zero-order chi connectivity index (χ0) is 12.8. The molecule has 0 amide bonds. The third-order valence-corrected chi connectivity index (χ3v) is 2.48. The maximum absolute atomic E-state index is 11.7. The van der Waals surface area contributed by atoms with Crippen molar-refractivity contribution in [3.05, 3.63) is 28.2 Å². The second-order valence-electron chi connectivity index (χ2n) is 3.59. The minimum absolute atomic E-state index is 0.0191. The summed E-state index contributed by atoms with van der Waals surface area (Å²) in [5, 5.41) is 8.52. The molecule has 0 spiro atoms. The molecule has 1 N–H and O–H groups in total. The van der Waals surface area contributed by atoms with Crippen molar-refractivity contribution in [2.24, 2.45) is 0 Å². The summed E-state index contributed by atoms with van der Waals surface area (Å²) in [6, 6.07) is 1.44. The Balaban J connectivity index is 2.95. The molecule has 0 saturated heterocycles. The molecule has 0 unspecified atom stereocenters. The second-order valence-corrected chi connectivity index (χ2v) is 3.59. The van der Waals surface area contributed by atoms with Gasteiger partial charge in [-0.2, -0.15) is 0 Å². The van der Waals surface area contributed by atoms with Crippen LogP contribution in [-0.2, 0) is 17.8 Å². The molecule has 0 atom stereocenters. The van der Waals surface area contributed by atoms with E-state index < -0.39 is 5.97 Å². The SMILES string of the molecule is CCc1c(OCCC(=O)O)c(=O)ccn1CC. The van der Waals surface area contributed by atoms with Crippen molar-refractivity contribution in [2.75, 3.05) is 6.61 Å². The summed E-state index contributed by atoms with van der Waals surface area (Å²) >= 11 is 0. The highest BCUT2D eigenvalue weighted by atomic mass is 16.5. The lowest BCUT2D eigenvalue weighted by Gasteiger charge is -2.14. The van der Waals surface area contributed by atoms with E-state index in [1.165, 1.54) is 6.07 Å². The number of carbonyl (C=O) groups is 1. The molecule has 0 aliphatic rings. The highest BCUT2D eigenvalue weighted by Gasteiger charge is 2.10. The molecule has 0 aromatic carbocycles. The topological polar surface area (TPSA) is 68.5 Å². The van der Waals surface area contributed by atoms with E-state index in [9.17, 15) is 9.59 Å². The number of aliphatic carboxylic acids is 1. The van der Waals surface area contributed by atoms with Crippen LogP contribution in [0, 0.1) is 0 Å². The van der Waals surface area contributed by atoms with Crippen molar-refractivity contribution in [1.82, 2.24) is 4.57 Å². The normalized spacial score (nSPS) is 10.2. The van der Waals surface area contributed by atoms with Gasteiger partial charge in [-0.1, -0.05) is 6.92 Å². The third kappa shape index (κ3) is 3.34. The van der Waals surface area contributed by atoms with E-state index in [-0.39, 0.29) is 24.2 Å². The predicted octanol–water partition coefficient (Wildman–Crippen LogP) is 1.28. The number of nitrogens with zero attached hydrogens (tertiary/aromatic N) is 1. The van der Waals surface area contributed by atoms with E-state index in [4.69, 9.17) is 9.84 Å². The van der Waals surface area contributed by atoms with Crippen LogP contribution < -0.4 is 10.2 Å². The molecule has 1 aromatic rings. The van der Waals surface area contributed by atoms with Gasteiger partial charge in [0.1, 0.15) is 0 Å². The molecule has 5 heteroatoms. The summed E-state index contributed by atoms with van der Waals surface area (Å²) in [5.74, 6) is -0.659. The van der Waals surface area contributed by atoms with Crippen LogP contribution in [0.2, 0.25) is 0 Å². The fraction of sp³-hybridized carbons (Fsp3) is 0.500. The summed E-state index contributed by atoms with van der Waals surface area (Å²) in [5.41, 5.74) is 0.613. The standard InChI is InChI=1S/C12H17NO4/c1-3-9-12(17-8-6-11(15)16)10(14)5-7-13(9)4-2/h5,7H,3-4,6,8H2,1-2H3,(H,15,16). The third-order valence-electron chi connectivity index (χ3n) is 2.48. The van der Waals surface area contributed by atoms with Gasteiger partial charge in [-0.15, -0.1) is 0 Å². The van der Waals surface area contributed by atoms with Gasteiger partial charge in [0.25, 0.3) is 0 Å². The first kappa shape index (κ1) is 13.3.